The molecule has 1 saturated heterocycles. The van der Waals surface area contributed by atoms with Gasteiger partial charge in [-0.25, -0.2) is 4.98 Å². The first-order valence-corrected chi connectivity index (χ1v) is 5.38. The van der Waals surface area contributed by atoms with Gasteiger partial charge in [-0.3, -0.25) is 0 Å². The number of carbonyl (C=O) groups excluding carboxylic acids is 1. The average Bonchev–Trinajstić information content (AvgIpc) is 2.71. The van der Waals surface area contributed by atoms with Crippen LogP contribution in [0.15, 0.2) is 11.6 Å². The lowest BCUT2D eigenvalue weighted by Crippen LogP contribution is -2.33. The third-order valence-electron chi connectivity index (χ3n) is 2.42. The van der Waals surface area contributed by atoms with Gasteiger partial charge >= 0.3 is 0 Å². The number of piperidine rings is 1. The van der Waals surface area contributed by atoms with E-state index in [9.17, 15) is 4.79 Å². The monoisotopic (exact) mass is 196 g/mol. The first-order chi connectivity index (χ1) is 6.40. The number of aldehydes is 1. The van der Waals surface area contributed by atoms with E-state index in [0.29, 0.717) is 0 Å². The molecule has 0 aromatic carbocycles. The normalized spacial score (nSPS) is 18.9. The Morgan fingerprint density at radius 1 is 1.54 bits per heavy atom. The molecule has 2 rings (SSSR count). The van der Waals surface area contributed by atoms with Crippen LogP contribution >= 0.6 is 11.3 Å². The number of rotatable bonds is 2. The molecule has 4 heteroatoms. The van der Waals surface area contributed by atoms with E-state index in [1.54, 1.807) is 11.3 Å². The topological polar surface area (TPSA) is 33.2 Å². The van der Waals surface area contributed by atoms with Gasteiger partial charge in [0.2, 0.25) is 0 Å². The van der Waals surface area contributed by atoms with Gasteiger partial charge in [-0.15, -0.1) is 11.3 Å². The van der Waals surface area contributed by atoms with E-state index in [1.165, 1.54) is 0 Å². The predicted molar refractivity (Wildman–Crippen MR) is 53.1 cm³/mol. The van der Waals surface area contributed by atoms with Crippen molar-refractivity contribution in [3.8, 4) is 0 Å². The maximum absolute atomic E-state index is 10.5. The molecule has 1 aliphatic heterocycles. The number of hydrogen-bond donors (Lipinski definition) is 0. The summed E-state index contributed by atoms with van der Waals surface area (Å²) in [6.07, 6.45) is 4.86. The van der Waals surface area contributed by atoms with E-state index in [-0.39, 0.29) is 5.92 Å². The van der Waals surface area contributed by atoms with Crippen molar-refractivity contribution in [2.45, 2.75) is 12.8 Å². The SMILES string of the molecule is O=CC1CCN(c2nccs2)CC1. The molecule has 1 aromatic heterocycles. The Morgan fingerprint density at radius 2 is 2.31 bits per heavy atom. The fourth-order valence-electron chi connectivity index (χ4n) is 1.60. The van der Waals surface area contributed by atoms with E-state index in [1.807, 2.05) is 11.6 Å². The summed E-state index contributed by atoms with van der Waals surface area (Å²) in [5.74, 6) is 0.274. The summed E-state index contributed by atoms with van der Waals surface area (Å²) < 4.78 is 0. The second kappa shape index (κ2) is 3.87. The minimum atomic E-state index is 0.274. The lowest BCUT2D eigenvalue weighted by Gasteiger charge is -2.29. The van der Waals surface area contributed by atoms with Gasteiger partial charge in [-0.2, -0.15) is 0 Å². The van der Waals surface area contributed by atoms with E-state index < -0.39 is 0 Å². The molecule has 0 atom stereocenters. The minimum Gasteiger partial charge on any atom is -0.348 e. The fourth-order valence-corrected chi connectivity index (χ4v) is 2.30. The molecular weight excluding hydrogens is 184 g/mol. The molecule has 3 nitrogen and oxygen atoms in total. The van der Waals surface area contributed by atoms with Gasteiger partial charge in [-0.1, -0.05) is 0 Å². The van der Waals surface area contributed by atoms with Crippen LogP contribution in [0.1, 0.15) is 12.8 Å². The highest BCUT2D eigenvalue weighted by atomic mass is 32.1. The molecule has 70 valence electrons. The second-order valence-electron chi connectivity index (χ2n) is 3.28. The Hall–Kier alpha value is -0.900. The Morgan fingerprint density at radius 3 is 2.85 bits per heavy atom. The van der Waals surface area contributed by atoms with Crippen LogP contribution < -0.4 is 4.90 Å². The van der Waals surface area contributed by atoms with Crippen molar-refractivity contribution in [2.24, 2.45) is 5.92 Å². The molecule has 0 radical (unpaired) electrons. The van der Waals surface area contributed by atoms with Gasteiger partial charge < -0.3 is 9.69 Å². The summed E-state index contributed by atoms with van der Waals surface area (Å²) in [6.45, 7) is 1.94. The standard InChI is InChI=1S/C9H12N2OS/c12-7-8-1-4-11(5-2-8)9-10-3-6-13-9/h3,6-8H,1-2,4-5H2. The van der Waals surface area contributed by atoms with Gasteiger partial charge in [0, 0.05) is 30.6 Å². The zero-order valence-electron chi connectivity index (χ0n) is 7.35. The molecule has 0 N–H and O–H groups in total. The summed E-state index contributed by atoms with van der Waals surface area (Å²) in [5, 5.41) is 3.07. The Labute approximate surface area is 81.4 Å². The van der Waals surface area contributed by atoms with Crippen LogP contribution in [-0.2, 0) is 4.79 Å². The van der Waals surface area contributed by atoms with Crippen LogP contribution in [0.25, 0.3) is 0 Å². The van der Waals surface area contributed by atoms with Gasteiger partial charge in [0.05, 0.1) is 0 Å². The maximum Gasteiger partial charge on any atom is 0.185 e. The van der Waals surface area contributed by atoms with Crippen molar-refractivity contribution in [2.75, 3.05) is 18.0 Å². The van der Waals surface area contributed by atoms with Crippen molar-refractivity contribution >= 4 is 22.8 Å². The molecule has 2 heterocycles. The average molecular weight is 196 g/mol. The van der Waals surface area contributed by atoms with Crippen molar-refractivity contribution in [1.82, 2.24) is 4.98 Å². The number of aromatic nitrogens is 1. The van der Waals surface area contributed by atoms with Crippen molar-refractivity contribution in [3.05, 3.63) is 11.6 Å². The molecule has 0 saturated carbocycles. The third kappa shape index (κ3) is 1.88. The minimum absolute atomic E-state index is 0.274. The van der Waals surface area contributed by atoms with Crippen LogP contribution in [0.5, 0.6) is 0 Å². The zero-order chi connectivity index (χ0) is 9.10. The summed E-state index contributed by atoms with van der Waals surface area (Å²) in [7, 11) is 0. The summed E-state index contributed by atoms with van der Waals surface area (Å²) in [6, 6.07) is 0. The molecule has 0 aliphatic carbocycles. The lowest BCUT2D eigenvalue weighted by atomic mass is 9.99. The molecule has 0 unspecified atom stereocenters. The first kappa shape index (κ1) is 8.69. The van der Waals surface area contributed by atoms with Crippen LogP contribution in [0, 0.1) is 5.92 Å². The molecule has 1 aromatic rings. The Bertz CT molecular complexity index is 265. The smallest absolute Gasteiger partial charge is 0.185 e. The summed E-state index contributed by atoms with van der Waals surface area (Å²) >= 11 is 1.66. The van der Waals surface area contributed by atoms with Gasteiger partial charge in [-0.05, 0) is 12.8 Å². The molecule has 1 fully saturated rings. The molecule has 0 amide bonds. The number of thiazole rings is 1. The fraction of sp³-hybridized carbons (Fsp3) is 0.556. The lowest BCUT2D eigenvalue weighted by molar-refractivity contribution is -0.111. The Kier molecular flexibility index (Phi) is 2.59. The highest BCUT2D eigenvalue weighted by Gasteiger charge is 2.19. The van der Waals surface area contributed by atoms with Gasteiger partial charge in [0.25, 0.3) is 0 Å². The highest BCUT2D eigenvalue weighted by Crippen LogP contribution is 2.23. The van der Waals surface area contributed by atoms with Crippen molar-refractivity contribution < 1.29 is 4.79 Å². The van der Waals surface area contributed by atoms with Crippen LogP contribution in [0.3, 0.4) is 0 Å². The van der Waals surface area contributed by atoms with E-state index in [4.69, 9.17) is 0 Å². The zero-order valence-corrected chi connectivity index (χ0v) is 8.17. The number of carbonyl (C=O) groups is 1. The first-order valence-electron chi connectivity index (χ1n) is 4.50. The van der Waals surface area contributed by atoms with Crippen LogP contribution in [0.4, 0.5) is 5.13 Å². The summed E-state index contributed by atoms with van der Waals surface area (Å²) in [5.41, 5.74) is 0. The number of anilines is 1. The Balaban J connectivity index is 1.95. The number of nitrogens with zero attached hydrogens (tertiary/aromatic N) is 2. The largest absolute Gasteiger partial charge is 0.348 e. The van der Waals surface area contributed by atoms with E-state index >= 15 is 0 Å². The quantitative estimate of drug-likeness (QED) is 0.673. The van der Waals surface area contributed by atoms with Gasteiger partial charge in [0.1, 0.15) is 6.29 Å². The molecule has 13 heavy (non-hydrogen) atoms. The molecular formula is C9H12N2OS. The molecule has 0 bridgehead atoms. The highest BCUT2D eigenvalue weighted by molar-refractivity contribution is 7.13. The van der Waals surface area contributed by atoms with Crippen LogP contribution in [-0.4, -0.2) is 24.4 Å². The molecule has 1 aliphatic rings. The number of hydrogen-bond acceptors (Lipinski definition) is 4. The van der Waals surface area contributed by atoms with Gasteiger partial charge in [0.15, 0.2) is 5.13 Å². The van der Waals surface area contributed by atoms with E-state index in [0.717, 1.165) is 37.3 Å². The molecule has 0 spiro atoms. The third-order valence-corrected chi connectivity index (χ3v) is 3.25. The van der Waals surface area contributed by atoms with E-state index in [2.05, 4.69) is 9.88 Å². The summed E-state index contributed by atoms with van der Waals surface area (Å²) in [4.78, 5) is 17.0. The van der Waals surface area contributed by atoms with Crippen molar-refractivity contribution in [1.29, 1.82) is 0 Å². The predicted octanol–water partition coefficient (Wildman–Crippen LogP) is 1.56. The van der Waals surface area contributed by atoms with Crippen LogP contribution in [0.2, 0.25) is 0 Å². The maximum atomic E-state index is 10.5. The van der Waals surface area contributed by atoms with Crippen molar-refractivity contribution in [3.63, 3.8) is 0 Å². The second-order valence-corrected chi connectivity index (χ2v) is 4.15.